The number of amides is 2. The first-order valence-corrected chi connectivity index (χ1v) is 13.5. The minimum atomic E-state index is -0.912. The quantitative estimate of drug-likeness (QED) is 0.245. The molecule has 10 nitrogen and oxygen atoms in total. The summed E-state index contributed by atoms with van der Waals surface area (Å²) >= 11 is 0. The molecule has 0 bridgehead atoms. The average Bonchev–Trinajstić information content (AvgIpc) is 3.50. The standard InChI is InChI=1S/C30H37N5O5/c1-8-24(36)35-14-13-19(16-35)26-18(4)21-15-22(33-34-27(21)31-26)20-11-9-10-12-23(20)39-28(37)25(17(2)3)32-29(38)40-30(5,6)7/h8-12,15,17,19,25H,1,13-14,16H2,2-7H3,(H,31,34)(H,32,38)/t19-,25+/m1/s1. The highest BCUT2D eigenvalue weighted by Gasteiger charge is 2.31. The van der Waals surface area contributed by atoms with Gasteiger partial charge >= 0.3 is 12.1 Å². The fourth-order valence-electron chi connectivity index (χ4n) is 4.87. The molecule has 212 valence electrons. The van der Waals surface area contributed by atoms with Crippen LogP contribution in [0.3, 0.4) is 0 Å². The van der Waals surface area contributed by atoms with E-state index in [1.165, 1.54) is 6.08 Å². The number of nitrogens with one attached hydrogen (secondary N) is 2. The van der Waals surface area contributed by atoms with Gasteiger partial charge in [-0.15, -0.1) is 10.2 Å². The third kappa shape index (κ3) is 6.32. The lowest BCUT2D eigenvalue weighted by Crippen LogP contribution is -2.48. The number of nitrogens with zero attached hydrogens (tertiary/aromatic N) is 3. The Morgan fingerprint density at radius 3 is 2.60 bits per heavy atom. The molecule has 2 N–H and O–H groups in total. The summed E-state index contributed by atoms with van der Waals surface area (Å²) in [6.45, 7) is 15.8. The maximum Gasteiger partial charge on any atom is 0.408 e. The van der Waals surface area contributed by atoms with Crippen molar-refractivity contribution < 1.29 is 23.9 Å². The predicted octanol–water partition coefficient (Wildman–Crippen LogP) is 4.89. The van der Waals surface area contributed by atoms with Crippen LogP contribution in [0, 0.1) is 12.8 Å². The van der Waals surface area contributed by atoms with Crippen LogP contribution in [0.4, 0.5) is 4.79 Å². The Morgan fingerprint density at radius 2 is 1.93 bits per heavy atom. The van der Waals surface area contributed by atoms with Crippen molar-refractivity contribution in [3.63, 3.8) is 0 Å². The summed E-state index contributed by atoms with van der Waals surface area (Å²) < 4.78 is 11.1. The number of carbonyl (C=O) groups is 3. The first-order chi connectivity index (χ1) is 18.9. The zero-order valence-electron chi connectivity index (χ0n) is 23.9. The molecule has 0 unspecified atom stereocenters. The highest BCUT2D eigenvalue weighted by Crippen LogP contribution is 2.35. The largest absolute Gasteiger partial charge is 0.444 e. The van der Waals surface area contributed by atoms with Crippen LogP contribution in [-0.2, 0) is 14.3 Å². The number of aromatic amines is 1. The number of likely N-dealkylation sites (tertiary alicyclic amines) is 1. The molecule has 1 aliphatic heterocycles. The number of aryl methyl sites for hydroxylation is 1. The molecule has 2 aromatic heterocycles. The number of rotatable bonds is 7. The number of hydrogen-bond acceptors (Lipinski definition) is 7. The van der Waals surface area contributed by atoms with Crippen molar-refractivity contribution in [1.82, 2.24) is 25.4 Å². The van der Waals surface area contributed by atoms with Crippen LogP contribution in [0.2, 0.25) is 0 Å². The van der Waals surface area contributed by atoms with Crippen LogP contribution < -0.4 is 10.1 Å². The van der Waals surface area contributed by atoms with E-state index in [1.54, 1.807) is 37.8 Å². The number of carbonyl (C=O) groups excluding carboxylic acids is 3. The molecule has 1 saturated heterocycles. The van der Waals surface area contributed by atoms with Crippen LogP contribution in [0.1, 0.15) is 58.2 Å². The molecule has 0 saturated carbocycles. The van der Waals surface area contributed by atoms with Gasteiger partial charge in [0.15, 0.2) is 5.65 Å². The van der Waals surface area contributed by atoms with E-state index < -0.39 is 23.7 Å². The fraction of sp³-hybridized carbons (Fsp3) is 0.433. The van der Waals surface area contributed by atoms with Gasteiger partial charge < -0.3 is 24.7 Å². The van der Waals surface area contributed by atoms with Crippen molar-refractivity contribution in [1.29, 1.82) is 0 Å². The molecule has 2 atom stereocenters. The van der Waals surface area contributed by atoms with Crippen molar-refractivity contribution in [2.45, 2.75) is 65.5 Å². The van der Waals surface area contributed by atoms with E-state index in [9.17, 15) is 14.4 Å². The molecule has 3 aromatic rings. The van der Waals surface area contributed by atoms with Gasteiger partial charge in [-0.25, -0.2) is 9.59 Å². The first kappa shape index (κ1) is 28.8. The average molecular weight is 548 g/mol. The van der Waals surface area contributed by atoms with E-state index >= 15 is 0 Å². The van der Waals surface area contributed by atoms with E-state index in [0.717, 1.165) is 23.1 Å². The van der Waals surface area contributed by atoms with Gasteiger partial charge in [0.05, 0.1) is 5.69 Å². The van der Waals surface area contributed by atoms with Gasteiger partial charge in [0.1, 0.15) is 17.4 Å². The van der Waals surface area contributed by atoms with Crippen LogP contribution in [0.15, 0.2) is 43.0 Å². The second-order valence-electron chi connectivity index (χ2n) is 11.4. The van der Waals surface area contributed by atoms with Gasteiger partial charge in [0.2, 0.25) is 5.91 Å². The van der Waals surface area contributed by atoms with Crippen LogP contribution in [-0.4, -0.2) is 62.8 Å². The summed E-state index contributed by atoms with van der Waals surface area (Å²) in [5.41, 5.74) is 3.17. The maximum absolute atomic E-state index is 13.2. The van der Waals surface area contributed by atoms with E-state index in [0.29, 0.717) is 35.7 Å². The van der Waals surface area contributed by atoms with E-state index in [4.69, 9.17) is 9.47 Å². The Labute approximate surface area is 234 Å². The molecule has 0 radical (unpaired) electrons. The Balaban J connectivity index is 1.58. The van der Waals surface area contributed by atoms with Crippen LogP contribution >= 0.6 is 0 Å². The number of para-hydroxylation sites is 1. The van der Waals surface area contributed by atoms with Crippen molar-refractivity contribution in [3.05, 3.63) is 54.2 Å². The second kappa shape index (κ2) is 11.5. The zero-order valence-corrected chi connectivity index (χ0v) is 23.9. The summed E-state index contributed by atoms with van der Waals surface area (Å²) in [5, 5.41) is 12.4. The number of H-pyrrole nitrogens is 1. The van der Waals surface area contributed by atoms with E-state index in [-0.39, 0.29) is 17.7 Å². The van der Waals surface area contributed by atoms with Crippen molar-refractivity contribution in [2.75, 3.05) is 13.1 Å². The highest BCUT2D eigenvalue weighted by molar-refractivity contribution is 5.88. The highest BCUT2D eigenvalue weighted by atomic mass is 16.6. The number of ether oxygens (including phenoxy) is 2. The van der Waals surface area contributed by atoms with Gasteiger partial charge in [-0.1, -0.05) is 32.6 Å². The Hall–Kier alpha value is -4.21. The Bertz CT molecular complexity index is 1440. The fourth-order valence-corrected chi connectivity index (χ4v) is 4.87. The lowest BCUT2D eigenvalue weighted by molar-refractivity contribution is -0.137. The molecule has 1 aliphatic rings. The molecule has 2 amide bonds. The molecule has 0 spiro atoms. The number of hydrogen-bond donors (Lipinski definition) is 2. The number of benzene rings is 1. The Morgan fingerprint density at radius 1 is 1.20 bits per heavy atom. The van der Waals surface area contributed by atoms with Gasteiger partial charge in [0, 0.05) is 35.7 Å². The molecule has 10 heteroatoms. The number of aromatic nitrogens is 3. The predicted molar refractivity (Wildman–Crippen MR) is 152 cm³/mol. The van der Waals surface area contributed by atoms with Gasteiger partial charge in [-0.05, 0) is 69.9 Å². The summed E-state index contributed by atoms with van der Waals surface area (Å²) in [7, 11) is 0. The minimum Gasteiger partial charge on any atom is -0.444 e. The molecular formula is C30H37N5O5. The molecule has 1 fully saturated rings. The maximum atomic E-state index is 13.2. The monoisotopic (exact) mass is 547 g/mol. The third-order valence-electron chi connectivity index (χ3n) is 6.90. The number of alkyl carbamates (subject to hydrolysis) is 1. The summed E-state index contributed by atoms with van der Waals surface area (Å²) in [4.78, 5) is 42.8. The molecule has 40 heavy (non-hydrogen) atoms. The third-order valence-corrected chi connectivity index (χ3v) is 6.90. The van der Waals surface area contributed by atoms with Crippen molar-refractivity contribution >= 4 is 29.0 Å². The molecule has 1 aromatic carbocycles. The number of esters is 1. The van der Waals surface area contributed by atoms with E-state index in [2.05, 4.69) is 27.1 Å². The van der Waals surface area contributed by atoms with Gasteiger partial charge in [-0.2, -0.15) is 0 Å². The zero-order chi connectivity index (χ0) is 29.2. The van der Waals surface area contributed by atoms with Crippen molar-refractivity contribution in [2.24, 2.45) is 5.92 Å². The normalized spacial score (nSPS) is 16.2. The molecule has 0 aliphatic carbocycles. The molecule has 4 rings (SSSR count). The van der Waals surface area contributed by atoms with E-state index in [1.807, 2.05) is 39.0 Å². The minimum absolute atomic E-state index is 0.0644. The molecular weight excluding hydrogens is 510 g/mol. The van der Waals surface area contributed by atoms with Gasteiger partial charge in [-0.3, -0.25) is 4.79 Å². The first-order valence-electron chi connectivity index (χ1n) is 13.5. The lowest BCUT2D eigenvalue weighted by Gasteiger charge is -2.24. The summed E-state index contributed by atoms with van der Waals surface area (Å²) in [5.74, 6) is -0.439. The SMILES string of the molecule is C=CC(=O)N1CC[C@@H](c2[nH]c3nnc(-c4ccccc4OC(=O)[C@@H](NC(=O)OC(C)(C)C)C(C)C)cc3c2C)C1. The van der Waals surface area contributed by atoms with Gasteiger partial charge in [0.25, 0.3) is 0 Å². The van der Waals surface area contributed by atoms with Crippen LogP contribution in [0.5, 0.6) is 5.75 Å². The topological polar surface area (TPSA) is 127 Å². The van der Waals surface area contributed by atoms with Crippen LogP contribution in [0.25, 0.3) is 22.3 Å². The summed E-state index contributed by atoms with van der Waals surface area (Å²) in [6.07, 6.45) is 1.51. The lowest BCUT2D eigenvalue weighted by atomic mass is 10.00. The van der Waals surface area contributed by atoms with Crippen molar-refractivity contribution in [3.8, 4) is 17.0 Å². The summed E-state index contributed by atoms with van der Waals surface area (Å²) in [6, 6.07) is 8.09. The smallest absolute Gasteiger partial charge is 0.408 e. The number of fused-ring (bicyclic) bond motifs is 1. The second-order valence-corrected chi connectivity index (χ2v) is 11.4. The Kier molecular flexibility index (Phi) is 8.27. The molecule has 3 heterocycles.